The molecule has 0 saturated carbocycles. The Labute approximate surface area is 93.4 Å². The predicted octanol–water partition coefficient (Wildman–Crippen LogP) is 1.90. The van der Waals surface area contributed by atoms with Crippen LogP contribution in [0.15, 0.2) is 23.3 Å². The van der Waals surface area contributed by atoms with Gasteiger partial charge in [0.2, 0.25) is 0 Å². The number of hydrogen-bond acceptors (Lipinski definition) is 5. The highest BCUT2D eigenvalue weighted by Gasteiger charge is 2.09. The molecule has 0 unspecified atom stereocenters. The molecule has 0 amide bonds. The molecule has 3 aromatic heterocycles. The molecule has 0 bridgehead atoms. The molecule has 0 N–H and O–H groups in total. The first kappa shape index (κ1) is 8.75. The van der Waals surface area contributed by atoms with Gasteiger partial charge in [0.25, 0.3) is 0 Å². The van der Waals surface area contributed by atoms with Crippen molar-refractivity contribution in [3.05, 3.63) is 28.4 Å². The summed E-state index contributed by atoms with van der Waals surface area (Å²) in [6.07, 6.45) is 1.59. The van der Waals surface area contributed by atoms with E-state index in [4.69, 9.17) is 11.6 Å². The Kier molecular flexibility index (Phi) is 1.90. The Morgan fingerprint density at radius 3 is 3.00 bits per heavy atom. The molecule has 0 spiro atoms. The van der Waals surface area contributed by atoms with Crippen molar-refractivity contribution in [3.8, 4) is 11.5 Å². The second kappa shape index (κ2) is 3.25. The Morgan fingerprint density at radius 1 is 1.27 bits per heavy atom. The zero-order valence-corrected chi connectivity index (χ0v) is 8.90. The predicted molar refractivity (Wildman–Crippen MR) is 56.9 cm³/mol. The lowest BCUT2D eigenvalue weighted by Gasteiger charge is -1.94. The Hall–Kier alpha value is -1.53. The number of aromatic nitrogens is 5. The van der Waals surface area contributed by atoms with Crippen LogP contribution < -0.4 is 0 Å². The molecule has 15 heavy (non-hydrogen) atoms. The van der Waals surface area contributed by atoms with Gasteiger partial charge < -0.3 is 0 Å². The average molecular weight is 238 g/mol. The molecule has 0 fully saturated rings. The van der Waals surface area contributed by atoms with Gasteiger partial charge in [-0.15, -0.1) is 21.5 Å². The molecular weight excluding hydrogens is 234 g/mol. The summed E-state index contributed by atoms with van der Waals surface area (Å²) in [7, 11) is 0. The van der Waals surface area contributed by atoms with Crippen molar-refractivity contribution in [3.63, 3.8) is 0 Å². The SMILES string of the molecule is Clc1cc2nnc(-c3cscn3)n2cn1. The van der Waals surface area contributed by atoms with E-state index in [0.29, 0.717) is 16.6 Å². The van der Waals surface area contributed by atoms with Gasteiger partial charge >= 0.3 is 0 Å². The van der Waals surface area contributed by atoms with Crippen LogP contribution in [-0.2, 0) is 0 Å². The van der Waals surface area contributed by atoms with E-state index < -0.39 is 0 Å². The van der Waals surface area contributed by atoms with Crippen molar-refractivity contribution in [1.82, 2.24) is 24.6 Å². The Bertz CT molecular complexity index is 603. The topological polar surface area (TPSA) is 56.0 Å². The summed E-state index contributed by atoms with van der Waals surface area (Å²) in [5.41, 5.74) is 3.20. The van der Waals surface area contributed by atoms with Crippen molar-refractivity contribution in [2.75, 3.05) is 0 Å². The van der Waals surface area contributed by atoms with Crippen molar-refractivity contribution < 1.29 is 0 Å². The maximum absolute atomic E-state index is 5.75. The van der Waals surface area contributed by atoms with E-state index in [2.05, 4.69) is 20.2 Å². The second-order valence-corrected chi connectivity index (χ2v) is 3.94. The lowest BCUT2D eigenvalue weighted by Crippen LogP contribution is -1.90. The van der Waals surface area contributed by atoms with Crippen LogP contribution in [0.5, 0.6) is 0 Å². The quantitative estimate of drug-likeness (QED) is 0.607. The van der Waals surface area contributed by atoms with Gasteiger partial charge in [0.05, 0.1) is 5.51 Å². The van der Waals surface area contributed by atoms with E-state index in [1.54, 1.807) is 22.3 Å². The van der Waals surface area contributed by atoms with Crippen molar-refractivity contribution in [2.24, 2.45) is 0 Å². The van der Waals surface area contributed by atoms with Crippen LogP contribution in [0.25, 0.3) is 17.2 Å². The van der Waals surface area contributed by atoms with Crippen LogP contribution in [0.4, 0.5) is 0 Å². The summed E-state index contributed by atoms with van der Waals surface area (Å²) in [5, 5.41) is 10.3. The summed E-state index contributed by atoms with van der Waals surface area (Å²) in [4.78, 5) is 8.14. The van der Waals surface area contributed by atoms with E-state index in [0.717, 1.165) is 5.69 Å². The van der Waals surface area contributed by atoms with E-state index in [1.807, 2.05) is 5.38 Å². The Morgan fingerprint density at radius 2 is 2.20 bits per heavy atom. The first-order chi connectivity index (χ1) is 7.34. The number of hydrogen-bond donors (Lipinski definition) is 0. The number of halogens is 1. The molecule has 0 aliphatic carbocycles. The largest absolute Gasteiger partial charge is 0.264 e. The summed E-state index contributed by atoms with van der Waals surface area (Å²) in [5.74, 6) is 0.676. The van der Waals surface area contributed by atoms with E-state index in [-0.39, 0.29) is 0 Å². The van der Waals surface area contributed by atoms with Gasteiger partial charge in [-0.1, -0.05) is 11.6 Å². The van der Waals surface area contributed by atoms with Crippen molar-refractivity contribution in [2.45, 2.75) is 0 Å². The minimum Gasteiger partial charge on any atom is -0.264 e. The highest BCUT2D eigenvalue weighted by molar-refractivity contribution is 7.07. The normalized spacial score (nSPS) is 11.0. The molecule has 3 rings (SSSR count). The van der Waals surface area contributed by atoms with Crippen molar-refractivity contribution >= 4 is 28.6 Å². The van der Waals surface area contributed by atoms with E-state index >= 15 is 0 Å². The van der Waals surface area contributed by atoms with Crippen LogP contribution >= 0.6 is 22.9 Å². The molecule has 3 heterocycles. The molecule has 7 heteroatoms. The van der Waals surface area contributed by atoms with Gasteiger partial charge in [0, 0.05) is 11.4 Å². The smallest absolute Gasteiger partial charge is 0.189 e. The molecule has 5 nitrogen and oxygen atoms in total. The molecule has 0 aromatic carbocycles. The zero-order chi connectivity index (χ0) is 10.3. The van der Waals surface area contributed by atoms with Gasteiger partial charge in [0.15, 0.2) is 11.5 Å². The molecular formula is C8H4ClN5S. The monoisotopic (exact) mass is 237 g/mol. The maximum Gasteiger partial charge on any atom is 0.189 e. The third-order valence-electron chi connectivity index (χ3n) is 1.93. The lowest BCUT2D eigenvalue weighted by atomic mass is 10.4. The van der Waals surface area contributed by atoms with E-state index in [9.17, 15) is 0 Å². The number of fused-ring (bicyclic) bond motifs is 1. The molecule has 0 aliphatic rings. The fourth-order valence-electron chi connectivity index (χ4n) is 1.27. The van der Waals surface area contributed by atoms with Crippen LogP contribution in [0.1, 0.15) is 0 Å². The summed E-state index contributed by atoms with van der Waals surface area (Å²) < 4.78 is 1.75. The van der Waals surface area contributed by atoms with Crippen molar-refractivity contribution in [1.29, 1.82) is 0 Å². The lowest BCUT2D eigenvalue weighted by molar-refractivity contribution is 1.07. The minimum absolute atomic E-state index is 0.403. The van der Waals surface area contributed by atoms with Crippen LogP contribution in [0, 0.1) is 0 Å². The fraction of sp³-hybridized carbons (Fsp3) is 0. The summed E-state index contributed by atoms with van der Waals surface area (Å²) >= 11 is 7.26. The molecule has 0 atom stereocenters. The molecule has 0 aliphatic heterocycles. The zero-order valence-electron chi connectivity index (χ0n) is 7.33. The molecule has 0 radical (unpaired) electrons. The highest BCUT2D eigenvalue weighted by atomic mass is 35.5. The number of nitrogens with zero attached hydrogens (tertiary/aromatic N) is 5. The van der Waals surface area contributed by atoms with Gasteiger partial charge in [-0.05, 0) is 0 Å². The van der Waals surface area contributed by atoms with E-state index in [1.165, 1.54) is 11.3 Å². The highest BCUT2D eigenvalue weighted by Crippen LogP contribution is 2.18. The standard InChI is InChI=1S/C8H4ClN5S/c9-6-1-7-12-13-8(14(7)3-10-6)5-2-15-4-11-5/h1-4H. The summed E-state index contributed by atoms with van der Waals surface area (Å²) in [6, 6.07) is 1.66. The third-order valence-corrected chi connectivity index (χ3v) is 2.72. The number of rotatable bonds is 1. The molecule has 74 valence electrons. The molecule has 0 saturated heterocycles. The Balaban J connectivity index is 2.29. The number of thiazole rings is 1. The van der Waals surface area contributed by atoms with Crippen LogP contribution in [-0.4, -0.2) is 24.6 Å². The van der Waals surface area contributed by atoms with Crippen LogP contribution in [0.3, 0.4) is 0 Å². The van der Waals surface area contributed by atoms with Gasteiger partial charge in [-0.3, -0.25) is 4.40 Å². The molecule has 3 aromatic rings. The van der Waals surface area contributed by atoms with Gasteiger partial charge in [-0.25, -0.2) is 9.97 Å². The third kappa shape index (κ3) is 1.38. The van der Waals surface area contributed by atoms with Gasteiger partial charge in [-0.2, -0.15) is 0 Å². The second-order valence-electron chi connectivity index (χ2n) is 2.84. The maximum atomic E-state index is 5.75. The van der Waals surface area contributed by atoms with Crippen LogP contribution in [0.2, 0.25) is 5.15 Å². The average Bonchev–Trinajstić information content (AvgIpc) is 2.82. The van der Waals surface area contributed by atoms with Gasteiger partial charge in [0.1, 0.15) is 17.2 Å². The minimum atomic E-state index is 0.403. The first-order valence-corrected chi connectivity index (χ1v) is 5.41. The summed E-state index contributed by atoms with van der Waals surface area (Å²) in [6.45, 7) is 0. The fourth-order valence-corrected chi connectivity index (χ4v) is 1.94. The first-order valence-electron chi connectivity index (χ1n) is 4.09.